The van der Waals surface area contributed by atoms with E-state index in [0.29, 0.717) is 35.0 Å². The van der Waals surface area contributed by atoms with Crippen LogP contribution in [0.3, 0.4) is 0 Å². The van der Waals surface area contributed by atoms with Crippen LogP contribution in [0.4, 0.5) is 0 Å². The molecule has 0 saturated heterocycles. The van der Waals surface area contributed by atoms with Crippen LogP contribution in [0.1, 0.15) is 66.6 Å². The zero-order valence-corrected chi connectivity index (χ0v) is 19.1. The fourth-order valence-electron chi connectivity index (χ4n) is 4.54. The molecule has 3 aliphatic rings. The number of H-pyrrole nitrogens is 1. The van der Waals surface area contributed by atoms with Crippen LogP contribution in [0, 0.1) is 17.8 Å². The summed E-state index contributed by atoms with van der Waals surface area (Å²) in [6.45, 7) is 2.01. The van der Waals surface area contributed by atoms with Crippen LogP contribution in [0.2, 0.25) is 0 Å². The lowest BCUT2D eigenvalue weighted by Gasteiger charge is -2.16. The molecule has 1 aromatic carbocycles. The number of oxazole rings is 1. The molecule has 2 aromatic heterocycles. The number of aromatic amines is 1. The topological polar surface area (TPSA) is 126 Å². The van der Waals surface area contributed by atoms with Crippen LogP contribution in [0.5, 0.6) is 0 Å². The maximum atomic E-state index is 12.7. The van der Waals surface area contributed by atoms with E-state index >= 15 is 0 Å². The highest BCUT2D eigenvalue weighted by molar-refractivity contribution is 5.92. The number of carbonyl (C=O) groups is 2. The predicted molar refractivity (Wildman–Crippen MR) is 124 cm³/mol. The summed E-state index contributed by atoms with van der Waals surface area (Å²) in [7, 11) is 0. The molecule has 9 nitrogen and oxygen atoms in total. The normalized spacial score (nSPS) is 18.6. The number of amides is 2. The van der Waals surface area contributed by atoms with Crippen molar-refractivity contribution in [1.82, 2.24) is 30.8 Å². The van der Waals surface area contributed by atoms with E-state index in [1.165, 1.54) is 31.9 Å². The van der Waals surface area contributed by atoms with Crippen LogP contribution >= 0.6 is 0 Å². The molecule has 0 bridgehead atoms. The number of hydrogen-bond donors (Lipinski definition) is 3. The summed E-state index contributed by atoms with van der Waals surface area (Å²) in [5, 5.41) is 13.1. The zero-order valence-electron chi connectivity index (χ0n) is 19.1. The van der Waals surface area contributed by atoms with Crippen molar-refractivity contribution < 1.29 is 14.0 Å². The van der Waals surface area contributed by atoms with Gasteiger partial charge in [-0.25, -0.2) is 9.97 Å². The third kappa shape index (κ3) is 4.47. The molecule has 1 atom stereocenters. The summed E-state index contributed by atoms with van der Waals surface area (Å²) in [4.78, 5) is 33.9. The van der Waals surface area contributed by atoms with Crippen LogP contribution in [-0.2, 0) is 0 Å². The quantitative estimate of drug-likeness (QED) is 0.448. The van der Waals surface area contributed by atoms with E-state index < -0.39 is 0 Å². The van der Waals surface area contributed by atoms with E-state index in [1.807, 2.05) is 31.2 Å². The molecular weight excluding hydrogens is 432 g/mol. The van der Waals surface area contributed by atoms with Crippen LogP contribution in [0.25, 0.3) is 22.8 Å². The first-order valence-electron chi connectivity index (χ1n) is 12.2. The van der Waals surface area contributed by atoms with E-state index in [9.17, 15) is 9.59 Å². The van der Waals surface area contributed by atoms with Gasteiger partial charge in [0.05, 0.1) is 6.20 Å². The molecule has 3 saturated carbocycles. The lowest BCUT2D eigenvalue weighted by Crippen LogP contribution is -2.37. The van der Waals surface area contributed by atoms with E-state index in [-0.39, 0.29) is 35.5 Å². The molecule has 3 aliphatic carbocycles. The Morgan fingerprint density at radius 2 is 1.71 bits per heavy atom. The van der Waals surface area contributed by atoms with Gasteiger partial charge in [0.25, 0.3) is 11.8 Å². The lowest BCUT2D eigenvalue weighted by atomic mass is 10.1. The number of nitrogens with zero attached hydrogens (tertiary/aromatic N) is 3. The first-order valence-corrected chi connectivity index (χ1v) is 12.2. The minimum absolute atomic E-state index is 0.129. The van der Waals surface area contributed by atoms with Gasteiger partial charge in [0.1, 0.15) is 0 Å². The van der Waals surface area contributed by atoms with Crippen LogP contribution < -0.4 is 10.6 Å². The van der Waals surface area contributed by atoms with E-state index in [4.69, 9.17) is 4.42 Å². The Kier molecular flexibility index (Phi) is 5.19. The molecule has 34 heavy (non-hydrogen) atoms. The zero-order chi connectivity index (χ0) is 23.2. The van der Waals surface area contributed by atoms with E-state index in [1.54, 1.807) is 0 Å². The average molecular weight is 461 g/mol. The standard InChI is InChI=1S/C25H28N6O3/c1-13(14-5-6-14)27-24(33)22-29-21(30-31-22)17-3-2-4-18(11-17)25-26-12-19(34-25)23(32)28-20(15-7-8-15)16-9-10-16/h2-4,11-16,20H,5-10H2,1H3,(H,27,33)(H,28,32)(H,29,30,31)/t13-/m1/s1. The molecule has 176 valence electrons. The summed E-state index contributed by atoms with van der Waals surface area (Å²) in [5.41, 5.74) is 1.42. The van der Waals surface area contributed by atoms with Crippen molar-refractivity contribution in [3.8, 4) is 22.8 Å². The molecule has 2 heterocycles. The Bertz CT molecular complexity index is 1210. The molecule has 3 N–H and O–H groups in total. The third-order valence-corrected chi connectivity index (χ3v) is 7.04. The second-order valence-corrected chi connectivity index (χ2v) is 9.89. The molecule has 3 aromatic rings. The van der Waals surface area contributed by atoms with Crippen LogP contribution in [0.15, 0.2) is 34.9 Å². The van der Waals surface area contributed by atoms with Gasteiger partial charge in [0.2, 0.25) is 17.5 Å². The molecule has 6 rings (SSSR count). The first kappa shape index (κ1) is 21.1. The summed E-state index contributed by atoms with van der Waals surface area (Å²) in [5.74, 6) is 2.49. The monoisotopic (exact) mass is 460 g/mol. The van der Waals surface area contributed by atoms with Crippen molar-refractivity contribution in [2.75, 3.05) is 0 Å². The lowest BCUT2D eigenvalue weighted by molar-refractivity contribution is 0.0897. The SMILES string of the molecule is C[C@@H](NC(=O)c1nc(-c2cccc(-c3ncc(C(=O)NC(C4CC4)C4CC4)o3)c2)n[nH]1)C1CC1. The molecule has 0 unspecified atom stereocenters. The second-order valence-electron chi connectivity index (χ2n) is 9.89. The fraction of sp³-hybridized carbons (Fsp3) is 0.480. The molecule has 0 radical (unpaired) electrons. The molecule has 9 heteroatoms. The predicted octanol–water partition coefficient (Wildman–Crippen LogP) is 3.57. The number of benzene rings is 1. The highest BCUT2D eigenvalue weighted by atomic mass is 16.4. The summed E-state index contributed by atoms with van der Waals surface area (Å²) >= 11 is 0. The number of rotatable bonds is 9. The van der Waals surface area contributed by atoms with Gasteiger partial charge in [-0.3, -0.25) is 14.7 Å². The van der Waals surface area contributed by atoms with Crippen molar-refractivity contribution in [1.29, 1.82) is 0 Å². The van der Waals surface area contributed by atoms with Gasteiger partial charge in [-0.2, -0.15) is 5.10 Å². The van der Waals surface area contributed by atoms with Crippen molar-refractivity contribution in [2.24, 2.45) is 17.8 Å². The van der Waals surface area contributed by atoms with Crippen molar-refractivity contribution in [2.45, 2.75) is 57.5 Å². The van der Waals surface area contributed by atoms with Gasteiger partial charge < -0.3 is 15.1 Å². The maximum absolute atomic E-state index is 12.7. The molecule has 0 aliphatic heterocycles. The fourth-order valence-corrected chi connectivity index (χ4v) is 4.54. The number of carbonyl (C=O) groups excluding carboxylic acids is 2. The Morgan fingerprint density at radius 1 is 1.00 bits per heavy atom. The van der Waals surface area contributed by atoms with Crippen LogP contribution in [-0.4, -0.2) is 44.1 Å². The highest BCUT2D eigenvalue weighted by Gasteiger charge is 2.42. The third-order valence-electron chi connectivity index (χ3n) is 7.04. The minimum atomic E-state index is -0.256. The van der Waals surface area contributed by atoms with E-state index in [0.717, 1.165) is 18.4 Å². The first-order chi connectivity index (χ1) is 16.5. The molecule has 0 spiro atoms. The largest absolute Gasteiger partial charge is 0.431 e. The van der Waals surface area contributed by atoms with Gasteiger partial charge in [-0.15, -0.1) is 0 Å². The van der Waals surface area contributed by atoms with Crippen molar-refractivity contribution in [3.63, 3.8) is 0 Å². The number of nitrogens with one attached hydrogen (secondary N) is 3. The smallest absolute Gasteiger partial charge is 0.288 e. The molecule has 2 amide bonds. The number of hydrogen-bond acceptors (Lipinski definition) is 6. The van der Waals surface area contributed by atoms with Gasteiger partial charge in [-0.05, 0) is 75.3 Å². The summed E-state index contributed by atoms with van der Waals surface area (Å²) < 4.78 is 5.80. The number of aromatic nitrogens is 4. The highest BCUT2D eigenvalue weighted by Crippen LogP contribution is 2.44. The van der Waals surface area contributed by atoms with Gasteiger partial charge in [-0.1, -0.05) is 12.1 Å². The Balaban J connectivity index is 1.15. The summed E-state index contributed by atoms with van der Waals surface area (Å²) in [6.07, 6.45) is 8.56. The Hall–Kier alpha value is -3.49. The maximum Gasteiger partial charge on any atom is 0.288 e. The van der Waals surface area contributed by atoms with E-state index in [2.05, 4.69) is 30.8 Å². The molecule has 3 fully saturated rings. The molecular formula is C25H28N6O3. The summed E-state index contributed by atoms with van der Waals surface area (Å²) in [6, 6.07) is 7.77. The van der Waals surface area contributed by atoms with Gasteiger partial charge in [0.15, 0.2) is 5.82 Å². The van der Waals surface area contributed by atoms with Crippen molar-refractivity contribution in [3.05, 3.63) is 42.0 Å². The Morgan fingerprint density at radius 3 is 2.41 bits per heavy atom. The van der Waals surface area contributed by atoms with Gasteiger partial charge >= 0.3 is 0 Å². The Labute approximate surface area is 197 Å². The van der Waals surface area contributed by atoms with Gasteiger partial charge in [0, 0.05) is 23.2 Å². The van der Waals surface area contributed by atoms with Crippen molar-refractivity contribution >= 4 is 11.8 Å². The average Bonchev–Trinajstić information content (AvgIpc) is 3.75. The minimum Gasteiger partial charge on any atom is -0.431 e. The second kappa shape index (κ2) is 8.38.